The third kappa shape index (κ3) is 4.40. The van der Waals surface area contributed by atoms with Gasteiger partial charge in [0.2, 0.25) is 0 Å². The molecule has 0 amide bonds. The van der Waals surface area contributed by atoms with Crippen LogP contribution in [-0.2, 0) is 0 Å². The van der Waals surface area contributed by atoms with Crippen molar-refractivity contribution in [2.45, 2.75) is 26.3 Å². The molecule has 1 aromatic carbocycles. The minimum absolute atomic E-state index is 0.00155. The van der Waals surface area contributed by atoms with Crippen molar-refractivity contribution in [1.29, 1.82) is 0 Å². The van der Waals surface area contributed by atoms with E-state index in [1.807, 2.05) is 0 Å². The van der Waals surface area contributed by atoms with Crippen LogP contribution in [-0.4, -0.2) is 27.9 Å². The molecule has 1 atom stereocenters. The van der Waals surface area contributed by atoms with Gasteiger partial charge in [-0.25, -0.2) is 5.21 Å². The van der Waals surface area contributed by atoms with Crippen molar-refractivity contribution in [1.82, 2.24) is 0 Å². The summed E-state index contributed by atoms with van der Waals surface area (Å²) in [6, 6.07) is 6.41. The van der Waals surface area contributed by atoms with Gasteiger partial charge in [0.05, 0.1) is 11.5 Å². The molecule has 0 aliphatic heterocycles. The van der Waals surface area contributed by atoms with Crippen LogP contribution in [0.2, 0.25) is 0 Å². The SMILES string of the molecule is CC(C)C[C@@H](CO)Nc1ccc([N+](=O)O)cc1. The van der Waals surface area contributed by atoms with Crippen molar-refractivity contribution in [2.24, 2.45) is 5.92 Å². The van der Waals surface area contributed by atoms with Crippen LogP contribution in [0.15, 0.2) is 24.3 Å². The molecule has 1 rings (SSSR count). The van der Waals surface area contributed by atoms with Crippen LogP contribution in [0.25, 0.3) is 0 Å². The zero-order chi connectivity index (χ0) is 12.8. The molecular weight excluding hydrogens is 220 g/mol. The van der Waals surface area contributed by atoms with Crippen molar-refractivity contribution in [2.75, 3.05) is 11.9 Å². The van der Waals surface area contributed by atoms with Gasteiger partial charge in [-0.05, 0) is 24.5 Å². The van der Waals surface area contributed by atoms with E-state index in [0.29, 0.717) is 5.92 Å². The minimum atomic E-state index is -0.179. The van der Waals surface area contributed by atoms with Crippen molar-refractivity contribution in [3.8, 4) is 0 Å². The zero-order valence-electron chi connectivity index (χ0n) is 10.1. The summed E-state index contributed by atoms with van der Waals surface area (Å²) in [6.45, 7) is 4.25. The van der Waals surface area contributed by atoms with Crippen molar-refractivity contribution < 1.29 is 15.2 Å². The van der Waals surface area contributed by atoms with Crippen LogP contribution in [0.4, 0.5) is 11.4 Å². The molecule has 94 valence electrons. The van der Waals surface area contributed by atoms with E-state index in [1.54, 1.807) is 12.1 Å². The first-order chi connectivity index (χ1) is 8.02. The summed E-state index contributed by atoms with van der Waals surface area (Å²) < 4.78 is 0. The highest BCUT2D eigenvalue weighted by molar-refractivity contribution is 5.48. The second kappa shape index (κ2) is 6.20. The number of aliphatic hydroxyl groups is 1. The second-order valence-corrected chi connectivity index (χ2v) is 4.47. The quantitative estimate of drug-likeness (QED) is 0.666. The molecule has 0 radical (unpaired) electrons. The van der Waals surface area contributed by atoms with Gasteiger partial charge in [-0.2, -0.15) is 0 Å². The molecule has 0 spiro atoms. The summed E-state index contributed by atoms with van der Waals surface area (Å²) in [5, 5.41) is 21.1. The van der Waals surface area contributed by atoms with E-state index < -0.39 is 0 Å². The highest BCUT2D eigenvalue weighted by Crippen LogP contribution is 2.17. The molecule has 0 bridgehead atoms. The highest BCUT2D eigenvalue weighted by Gasteiger charge is 2.12. The van der Waals surface area contributed by atoms with Crippen LogP contribution in [0.3, 0.4) is 0 Å². The molecule has 5 nitrogen and oxygen atoms in total. The molecule has 0 saturated heterocycles. The monoisotopic (exact) mass is 239 g/mol. The fraction of sp³-hybridized carbons (Fsp3) is 0.500. The average molecular weight is 239 g/mol. The van der Waals surface area contributed by atoms with E-state index in [1.165, 1.54) is 12.1 Å². The van der Waals surface area contributed by atoms with Gasteiger partial charge in [-0.15, -0.1) is 0 Å². The Morgan fingerprint density at radius 2 is 1.88 bits per heavy atom. The van der Waals surface area contributed by atoms with Crippen LogP contribution in [0, 0.1) is 10.8 Å². The predicted octanol–water partition coefficient (Wildman–Crippen LogP) is 2.31. The number of hydrogen-bond acceptors (Lipinski definition) is 3. The number of rotatable bonds is 6. The van der Waals surface area contributed by atoms with Gasteiger partial charge in [0, 0.05) is 23.9 Å². The molecule has 0 saturated carbocycles. The number of hydrogen-bond donors (Lipinski definition) is 3. The van der Waals surface area contributed by atoms with Crippen molar-refractivity contribution in [3.63, 3.8) is 0 Å². The third-order valence-corrected chi connectivity index (χ3v) is 2.44. The molecule has 17 heavy (non-hydrogen) atoms. The molecule has 0 heterocycles. The lowest BCUT2D eigenvalue weighted by Crippen LogP contribution is -2.25. The Morgan fingerprint density at radius 1 is 1.29 bits per heavy atom. The Morgan fingerprint density at radius 3 is 2.29 bits per heavy atom. The molecule has 0 aromatic heterocycles. The summed E-state index contributed by atoms with van der Waals surface area (Å²) in [5.41, 5.74) is 0.996. The van der Waals surface area contributed by atoms with E-state index in [-0.39, 0.29) is 23.3 Å². The Bertz CT molecular complexity index is 363. The first kappa shape index (κ1) is 13.4. The molecule has 3 N–H and O–H groups in total. The fourth-order valence-corrected chi connectivity index (χ4v) is 1.67. The lowest BCUT2D eigenvalue weighted by atomic mass is 10.0. The average Bonchev–Trinajstić information content (AvgIpc) is 2.28. The standard InChI is InChI=1S/C12H19N2O3/c1-9(2)7-11(8-15)13-10-3-5-12(6-4-10)14(16)17/h3-6,9,11,13,15H,7-8H2,1-2H3,(H,16,17)/q+1/t11-/m0/s1. The van der Waals surface area contributed by atoms with E-state index >= 15 is 0 Å². The third-order valence-electron chi connectivity index (χ3n) is 2.44. The first-order valence-electron chi connectivity index (χ1n) is 5.66. The summed E-state index contributed by atoms with van der Waals surface area (Å²) in [7, 11) is 0. The minimum Gasteiger partial charge on any atom is -0.394 e. The number of nitrogens with zero attached hydrogens (tertiary/aromatic N) is 1. The van der Waals surface area contributed by atoms with Gasteiger partial charge in [-0.1, -0.05) is 13.8 Å². The Balaban J connectivity index is 2.64. The maximum absolute atomic E-state index is 10.6. The molecular formula is C12H19N2O3+. The summed E-state index contributed by atoms with van der Waals surface area (Å²) in [6.07, 6.45) is 0.867. The molecule has 0 fully saturated rings. The van der Waals surface area contributed by atoms with Crippen molar-refractivity contribution in [3.05, 3.63) is 29.2 Å². The molecule has 0 aliphatic carbocycles. The smallest absolute Gasteiger partial charge is 0.316 e. The maximum Gasteiger partial charge on any atom is 0.316 e. The lowest BCUT2D eigenvalue weighted by Gasteiger charge is -2.19. The zero-order valence-corrected chi connectivity index (χ0v) is 10.1. The van der Waals surface area contributed by atoms with Crippen molar-refractivity contribution >= 4 is 11.4 Å². The van der Waals surface area contributed by atoms with Gasteiger partial charge in [-0.3, -0.25) is 0 Å². The number of nitrogens with one attached hydrogen (secondary N) is 1. The largest absolute Gasteiger partial charge is 0.394 e. The van der Waals surface area contributed by atoms with Crippen LogP contribution in [0.5, 0.6) is 0 Å². The number of aliphatic hydroxyl groups excluding tert-OH is 1. The molecule has 5 heteroatoms. The molecule has 0 aliphatic rings. The van der Waals surface area contributed by atoms with Gasteiger partial charge >= 0.3 is 5.69 Å². The summed E-state index contributed by atoms with van der Waals surface area (Å²) in [4.78, 5) is 10.4. The second-order valence-electron chi connectivity index (χ2n) is 4.47. The normalized spacial score (nSPS) is 12.5. The first-order valence-corrected chi connectivity index (χ1v) is 5.66. The predicted molar refractivity (Wildman–Crippen MR) is 65.5 cm³/mol. The summed E-state index contributed by atoms with van der Waals surface area (Å²) >= 11 is 0. The Hall–Kier alpha value is -1.62. The molecule has 0 unspecified atom stereocenters. The van der Waals surface area contributed by atoms with Gasteiger partial charge in [0.1, 0.15) is 0 Å². The highest BCUT2D eigenvalue weighted by atomic mass is 16.6. The molecule has 1 aromatic rings. The number of benzene rings is 1. The summed E-state index contributed by atoms with van der Waals surface area (Å²) in [5.74, 6) is 0.494. The van der Waals surface area contributed by atoms with E-state index in [9.17, 15) is 10.0 Å². The number of anilines is 1. The van der Waals surface area contributed by atoms with E-state index in [4.69, 9.17) is 5.21 Å². The topological polar surface area (TPSA) is 72.6 Å². The van der Waals surface area contributed by atoms with E-state index in [2.05, 4.69) is 19.2 Å². The lowest BCUT2D eigenvalue weighted by molar-refractivity contribution is -0.729. The maximum atomic E-state index is 10.6. The van der Waals surface area contributed by atoms with Crippen LogP contribution in [0.1, 0.15) is 20.3 Å². The van der Waals surface area contributed by atoms with Gasteiger partial charge in [0.15, 0.2) is 0 Å². The Kier molecular flexibility index (Phi) is 4.90. The van der Waals surface area contributed by atoms with Gasteiger partial charge in [0.25, 0.3) is 4.92 Å². The fourth-order valence-electron chi connectivity index (χ4n) is 1.67. The van der Waals surface area contributed by atoms with Crippen LogP contribution >= 0.6 is 0 Å². The Labute approximate surface area is 101 Å². The van der Waals surface area contributed by atoms with E-state index in [0.717, 1.165) is 12.1 Å². The van der Waals surface area contributed by atoms with Gasteiger partial charge < -0.3 is 10.4 Å². The van der Waals surface area contributed by atoms with Crippen LogP contribution < -0.4 is 5.32 Å².